The zero-order chi connectivity index (χ0) is 26.2. The molecule has 0 aromatic carbocycles. The second-order valence-corrected chi connectivity index (χ2v) is 11.3. The SMILES string of the molecule is COCc1cn(CCC[C@@H]2CCN[C@H](C(=O)N[C@@H](C3O[C@H](SC)[C@H](O)[C@@H](O)[C@H]3O)[C@H](C)Cl)CC2)nn1. The number of hydrogen-bond donors (Lipinski definition) is 5. The number of aryl methyl sites for hydroxylation is 1. The Morgan fingerprint density at radius 1 is 1.33 bits per heavy atom. The van der Waals surface area contributed by atoms with Gasteiger partial charge in [-0.2, -0.15) is 0 Å². The minimum absolute atomic E-state index is 0.210. The van der Waals surface area contributed by atoms with E-state index in [-0.39, 0.29) is 11.9 Å². The number of aromatic nitrogens is 3. The minimum Gasteiger partial charge on any atom is -0.388 e. The molecule has 1 aromatic heterocycles. The molecule has 36 heavy (non-hydrogen) atoms. The summed E-state index contributed by atoms with van der Waals surface area (Å²) in [6, 6.07) is -1.12. The number of nitrogens with zero attached hydrogens (tertiary/aromatic N) is 3. The predicted octanol–water partition coefficient (Wildman–Crippen LogP) is 0.246. The summed E-state index contributed by atoms with van der Waals surface area (Å²) in [4.78, 5) is 13.2. The summed E-state index contributed by atoms with van der Waals surface area (Å²) in [5.74, 6) is 0.293. The Bertz CT molecular complexity index is 818. The van der Waals surface area contributed by atoms with Gasteiger partial charge in [0.2, 0.25) is 5.91 Å². The average molecular weight is 550 g/mol. The lowest BCUT2D eigenvalue weighted by Crippen LogP contribution is -2.65. The fourth-order valence-corrected chi connectivity index (χ4v) is 5.80. The average Bonchev–Trinajstić information content (AvgIpc) is 3.16. The minimum atomic E-state index is -1.39. The molecule has 2 aliphatic rings. The van der Waals surface area contributed by atoms with Crippen molar-refractivity contribution in [2.45, 2.75) is 99.5 Å². The highest BCUT2D eigenvalue weighted by Gasteiger charge is 2.48. The lowest BCUT2D eigenvalue weighted by Gasteiger charge is -2.44. The number of aliphatic hydroxyl groups excluding tert-OH is 3. The van der Waals surface area contributed by atoms with Gasteiger partial charge in [0.1, 0.15) is 35.5 Å². The molecule has 2 saturated heterocycles. The molecule has 206 valence electrons. The summed E-state index contributed by atoms with van der Waals surface area (Å²) in [5.41, 5.74) is 0.0828. The lowest BCUT2D eigenvalue weighted by atomic mass is 9.92. The Labute approximate surface area is 221 Å². The van der Waals surface area contributed by atoms with Gasteiger partial charge < -0.3 is 35.4 Å². The van der Waals surface area contributed by atoms with Crippen LogP contribution in [0.25, 0.3) is 0 Å². The molecule has 0 aliphatic carbocycles. The van der Waals surface area contributed by atoms with Crippen LogP contribution < -0.4 is 10.6 Å². The normalized spacial score (nSPS) is 33.0. The second-order valence-electron chi connectivity index (χ2n) is 9.68. The van der Waals surface area contributed by atoms with Gasteiger partial charge in [-0.05, 0) is 57.7 Å². The van der Waals surface area contributed by atoms with Gasteiger partial charge in [0.05, 0.1) is 30.3 Å². The Kier molecular flexibility index (Phi) is 11.7. The number of rotatable bonds is 11. The van der Waals surface area contributed by atoms with Gasteiger partial charge in [0.15, 0.2) is 0 Å². The van der Waals surface area contributed by atoms with E-state index in [0.717, 1.165) is 44.5 Å². The van der Waals surface area contributed by atoms with E-state index in [2.05, 4.69) is 20.9 Å². The molecule has 0 bridgehead atoms. The van der Waals surface area contributed by atoms with Crippen LogP contribution in [0.1, 0.15) is 44.7 Å². The molecule has 0 radical (unpaired) electrons. The van der Waals surface area contributed by atoms with Crippen molar-refractivity contribution in [2.24, 2.45) is 5.92 Å². The van der Waals surface area contributed by atoms with Crippen molar-refractivity contribution in [3.8, 4) is 0 Å². The van der Waals surface area contributed by atoms with Gasteiger partial charge in [0, 0.05) is 13.7 Å². The van der Waals surface area contributed by atoms with E-state index in [1.54, 1.807) is 20.3 Å². The van der Waals surface area contributed by atoms with Gasteiger partial charge in [-0.25, -0.2) is 0 Å². The quantitative estimate of drug-likeness (QED) is 0.243. The smallest absolute Gasteiger partial charge is 0.237 e. The molecule has 11 nitrogen and oxygen atoms in total. The molecule has 9 atom stereocenters. The van der Waals surface area contributed by atoms with E-state index in [4.69, 9.17) is 21.1 Å². The molecular formula is C23H40ClN5O6S. The summed E-state index contributed by atoms with van der Waals surface area (Å²) >= 11 is 7.61. The van der Waals surface area contributed by atoms with E-state index >= 15 is 0 Å². The van der Waals surface area contributed by atoms with Crippen molar-refractivity contribution in [1.29, 1.82) is 0 Å². The first-order valence-corrected chi connectivity index (χ1v) is 14.3. The van der Waals surface area contributed by atoms with E-state index in [9.17, 15) is 20.1 Å². The van der Waals surface area contributed by atoms with Gasteiger partial charge in [-0.3, -0.25) is 9.48 Å². The fraction of sp³-hybridized carbons (Fsp3) is 0.870. The number of nitrogens with one attached hydrogen (secondary N) is 2. The number of halogens is 1. The number of amides is 1. The third kappa shape index (κ3) is 7.76. The van der Waals surface area contributed by atoms with E-state index < -0.39 is 41.3 Å². The van der Waals surface area contributed by atoms with Crippen LogP contribution in [0.15, 0.2) is 6.20 Å². The Balaban J connectivity index is 1.50. The van der Waals surface area contributed by atoms with Gasteiger partial charge in [-0.15, -0.1) is 28.5 Å². The first-order chi connectivity index (χ1) is 17.2. The number of aliphatic hydroxyl groups is 3. The maximum absolute atomic E-state index is 13.2. The number of carbonyl (C=O) groups excluding carboxylic acids is 1. The molecule has 3 rings (SSSR count). The highest BCUT2D eigenvalue weighted by molar-refractivity contribution is 7.99. The standard InChI is InChI=1S/C23H40ClN5O6S/c1-13(24)17(21-19(31)18(30)20(32)23(35-21)36-3)26-22(33)16-7-6-14(8-9-25-16)5-4-10-29-11-15(12-34-2)27-28-29/h11,13-14,16-21,23,25,30-32H,4-10,12H2,1-3H3,(H,26,33)/t13-,14-,16-,17+,18-,19+,20+,21?,23+/m0/s1. The van der Waals surface area contributed by atoms with Crippen LogP contribution in [-0.4, -0.2) is 103 Å². The van der Waals surface area contributed by atoms with Crippen molar-refractivity contribution in [2.75, 3.05) is 19.9 Å². The first kappa shape index (κ1) is 29.6. The van der Waals surface area contributed by atoms with Crippen LogP contribution >= 0.6 is 23.4 Å². The molecule has 3 heterocycles. The monoisotopic (exact) mass is 549 g/mol. The number of thioether (sulfide) groups is 1. The number of ether oxygens (including phenoxy) is 2. The number of carbonyl (C=O) groups is 1. The number of alkyl halides is 1. The van der Waals surface area contributed by atoms with Crippen molar-refractivity contribution in [3.63, 3.8) is 0 Å². The molecule has 1 unspecified atom stereocenters. The predicted molar refractivity (Wildman–Crippen MR) is 137 cm³/mol. The van der Waals surface area contributed by atoms with Gasteiger partial charge in [-0.1, -0.05) is 5.21 Å². The van der Waals surface area contributed by atoms with Crippen LogP contribution in [0.5, 0.6) is 0 Å². The molecule has 1 aromatic rings. The summed E-state index contributed by atoms with van der Waals surface area (Å²) in [7, 11) is 1.63. The summed E-state index contributed by atoms with van der Waals surface area (Å²) in [5, 5.41) is 44.9. The van der Waals surface area contributed by atoms with Crippen LogP contribution in [0.3, 0.4) is 0 Å². The molecule has 13 heteroatoms. The third-order valence-electron chi connectivity index (χ3n) is 7.00. The largest absolute Gasteiger partial charge is 0.388 e. The number of hydrogen-bond acceptors (Lipinski definition) is 10. The molecule has 5 N–H and O–H groups in total. The molecular weight excluding hydrogens is 510 g/mol. The van der Waals surface area contributed by atoms with Crippen LogP contribution in [0.4, 0.5) is 0 Å². The number of methoxy groups -OCH3 is 1. The van der Waals surface area contributed by atoms with Crippen LogP contribution in [0.2, 0.25) is 0 Å². The van der Waals surface area contributed by atoms with E-state index in [1.807, 2.05) is 10.9 Å². The summed E-state index contributed by atoms with van der Waals surface area (Å²) in [6.45, 7) is 3.68. The van der Waals surface area contributed by atoms with Gasteiger partial charge in [0.25, 0.3) is 0 Å². The Morgan fingerprint density at radius 3 is 2.81 bits per heavy atom. The maximum Gasteiger partial charge on any atom is 0.237 e. The zero-order valence-corrected chi connectivity index (χ0v) is 22.7. The summed E-state index contributed by atoms with van der Waals surface area (Å²) < 4.78 is 12.8. The molecule has 2 fully saturated rings. The zero-order valence-electron chi connectivity index (χ0n) is 21.1. The van der Waals surface area contributed by atoms with Crippen LogP contribution in [-0.2, 0) is 27.4 Å². The fourth-order valence-electron chi connectivity index (χ4n) is 4.92. The Hall–Kier alpha value is -0.990. The maximum atomic E-state index is 13.2. The molecule has 0 spiro atoms. The third-order valence-corrected chi connectivity index (χ3v) is 8.12. The highest BCUT2D eigenvalue weighted by Crippen LogP contribution is 2.30. The second kappa shape index (κ2) is 14.2. The summed E-state index contributed by atoms with van der Waals surface area (Å²) in [6.07, 6.45) is 3.29. The molecule has 2 aliphatic heterocycles. The van der Waals surface area contributed by atoms with Crippen molar-refractivity contribution in [3.05, 3.63) is 11.9 Å². The molecule has 1 amide bonds. The van der Waals surface area contributed by atoms with E-state index in [0.29, 0.717) is 18.9 Å². The lowest BCUT2D eigenvalue weighted by molar-refractivity contribution is -0.205. The van der Waals surface area contributed by atoms with Crippen molar-refractivity contribution < 1.29 is 29.6 Å². The van der Waals surface area contributed by atoms with E-state index in [1.165, 1.54) is 11.8 Å². The highest BCUT2D eigenvalue weighted by atomic mass is 35.5. The van der Waals surface area contributed by atoms with Gasteiger partial charge >= 0.3 is 0 Å². The first-order valence-electron chi connectivity index (χ1n) is 12.5. The van der Waals surface area contributed by atoms with Crippen molar-refractivity contribution in [1.82, 2.24) is 25.6 Å². The topological polar surface area (TPSA) is 151 Å². The van der Waals surface area contributed by atoms with Crippen molar-refractivity contribution >= 4 is 29.3 Å². The molecule has 0 saturated carbocycles. The Morgan fingerprint density at radius 2 is 2.11 bits per heavy atom. The van der Waals surface area contributed by atoms with Crippen LogP contribution in [0, 0.1) is 5.92 Å².